The number of rotatable bonds is 4. The molecule has 1 aliphatic carbocycles. The molecule has 1 fully saturated rings. The van der Waals surface area contributed by atoms with Gasteiger partial charge in [-0.3, -0.25) is 0 Å². The largest absolute Gasteiger partial charge is 0.495 e. The molecule has 3 heteroatoms. The summed E-state index contributed by atoms with van der Waals surface area (Å²) in [5.41, 5.74) is -0.666. The summed E-state index contributed by atoms with van der Waals surface area (Å²) in [6, 6.07) is 0.585. The van der Waals surface area contributed by atoms with Crippen molar-refractivity contribution in [3.63, 3.8) is 0 Å². The molecule has 0 amide bonds. The maximum Gasteiger partial charge on any atom is 0.124 e. The molecule has 2 rings (SSSR count). The van der Waals surface area contributed by atoms with Crippen molar-refractivity contribution in [2.45, 2.75) is 57.1 Å². The Morgan fingerprint density at radius 1 is 1.50 bits per heavy atom. The van der Waals surface area contributed by atoms with Crippen LogP contribution in [0.4, 0.5) is 0 Å². The Bertz CT molecular complexity index is 255. The quantitative estimate of drug-likeness (QED) is 0.768. The van der Waals surface area contributed by atoms with Crippen LogP contribution in [0.2, 0.25) is 0 Å². The molecule has 16 heavy (non-hydrogen) atoms. The second kappa shape index (κ2) is 5.19. The molecule has 92 valence electrons. The van der Waals surface area contributed by atoms with Crippen LogP contribution >= 0.6 is 0 Å². The molecule has 0 saturated heterocycles. The Balaban J connectivity index is 1.83. The van der Waals surface area contributed by atoms with Crippen LogP contribution in [0.25, 0.3) is 0 Å². The molecule has 0 radical (unpaired) electrons. The Morgan fingerprint density at radius 2 is 2.25 bits per heavy atom. The number of hydrogen-bond donors (Lipinski definition) is 2. The smallest absolute Gasteiger partial charge is 0.124 e. The van der Waals surface area contributed by atoms with Gasteiger partial charge < -0.3 is 15.2 Å². The Morgan fingerprint density at radius 3 is 2.81 bits per heavy atom. The van der Waals surface area contributed by atoms with Gasteiger partial charge in [-0.15, -0.1) is 0 Å². The number of hydrogen-bond acceptors (Lipinski definition) is 3. The molecule has 1 saturated carbocycles. The van der Waals surface area contributed by atoms with E-state index in [4.69, 9.17) is 4.74 Å². The van der Waals surface area contributed by atoms with Crippen LogP contribution in [0.5, 0.6) is 0 Å². The Hall–Kier alpha value is -0.540. The molecule has 1 heterocycles. The molecular weight excluding hydrogens is 202 g/mol. The van der Waals surface area contributed by atoms with E-state index in [1.54, 1.807) is 0 Å². The van der Waals surface area contributed by atoms with Crippen molar-refractivity contribution in [1.82, 2.24) is 5.32 Å². The summed E-state index contributed by atoms with van der Waals surface area (Å²) in [6.07, 6.45) is 7.96. The van der Waals surface area contributed by atoms with Crippen molar-refractivity contribution in [1.29, 1.82) is 0 Å². The lowest BCUT2D eigenvalue weighted by atomic mass is 9.80. The van der Waals surface area contributed by atoms with E-state index >= 15 is 0 Å². The van der Waals surface area contributed by atoms with Crippen LogP contribution < -0.4 is 5.32 Å². The van der Waals surface area contributed by atoms with Gasteiger partial charge in [-0.25, -0.2) is 0 Å². The Kier molecular flexibility index (Phi) is 3.87. The minimum atomic E-state index is -0.666. The first-order chi connectivity index (χ1) is 7.74. The van der Waals surface area contributed by atoms with Crippen LogP contribution in [0.15, 0.2) is 11.8 Å². The lowest BCUT2D eigenvalue weighted by Crippen LogP contribution is -2.42. The maximum absolute atomic E-state index is 10.5. The van der Waals surface area contributed by atoms with Gasteiger partial charge in [-0.2, -0.15) is 0 Å². The highest BCUT2D eigenvalue weighted by atomic mass is 16.5. The van der Waals surface area contributed by atoms with Gasteiger partial charge in [0.05, 0.1) is 6.61 Å². The van der Waals surface area contributed by atoms with E-state index in [2.05, 4.69) is 18.3 Å². The minimum Gasteiger partial charge on any atom is -0.495 e. The highest BCUT2D eigenvalue weighted by molar-refractivity contribution is 5.14. The molecule has 0 unspecified atom stereocenters. The third-order valence-electron chi connectivity index (χ3n) is 3.66. The average molecular weight is 225 g/mol. The van der Waals surface area contributed by atoms with Gasteiger partial charge in [-0.05, 0) is 44.7 Å². The second-order valence-corrected chi connectivity index (χ2v) is 4.97. The molecule has 1 aliphatic heterocycles. The average Bonchev–Trinajstić information content (AvgIpc) is 2.83. The van der Waals surface area contributed by atoms with E-state index in [0.717, 1.165) is 51.0 Å². The fourth-order valence-electron chi connectivity index (χ4n) is 2.64. The van der Waals surface area contributed by atoms with Crippen molar-refractivity contribution >= 4 is 0 Å². The highest BCUT2D eigenvalue weighted by Gasteiger charge is 2.38. The Labute approximate surface area is 97.9 Å². The standard InChI is InChI=1S/C13H23NO2/c1-2-9-14-11-5-7-13(15,8-6-11)12-4-3-10-16-12/h4,11,14-15H,2-3,5-10H2,1H3. The summed E-state index contributed by atoms with van der Waals surface area (Å²) < 4.78 is 5.50. The first-order valence-electron chi connectivity index (χ1n) is 6.54. The third-order valence-corrected chi connectivity index (χ3v) is 3.66. The lowest BCUT2D eigenvalue weighted by molar-refractivity contribution is -0.0157. The second-order valence-electron chi connectivity index (χ2n) is 4.97. The molecular formula is C13H23NO2. The molecule has 0 spiro atoms. The fourth-order valence-corrected chi connectivity index (χ4v) is 2.64. The van der Waals surface area contributed by atoms with Gasteiger partial charge in [-0.1, -0.05) is 6.92 Å². The summed E-state index contributed by atoms with van der Waals surface area (Å²) in [7, 11) is 0. The van der Waals surface area contributed by atoms with E-state index < -0.39 is 5.60 Å². The predicted molar refractivity (Wildman–Crippen MR) is 64.2 cm³/mol. The summed E-state index contributed by atoms with van der Waals surface area (Å²) in [6.45, 7) is 4.01. The molecule has 0 bridgehead atoms. The number of nitrogens with one attached hydrogen (secondary N) is 1. The van der Waals surface area contributed by atoms with E-state index in [0.29, 0.717) is 6.04 Å². The van der Waals surface area contributed by atoms with Gasteiger partial charge in [0.25, 0.3) is 0 Å². The predicted octanol–water partition coefficient (Wildman–Crippen LogP) is 1.96. The molecule has 3 nitrogen and oxygen atoms in total. The molecule has 0 atom stereocenters. The van der Waals surface area contributed by atoms with Crippen LogP contribution in [0.3, 0.4) is 0 Å². The van der Waals surface area contributed by atoms with Crippen LogP contribution in [-0.4, -0.2) is 29.9 Å². The first kappa shape index (κ1) is 11.9. The summed E-state index contributed by atoms with van der Waals surface area (Å²) in [5, 5.41) is 14.0. The summed E-state index contributed by atoms with van der Waals surface area (Å²) in [4.78, 5) is 0. The molecule has 0 aromatic heterocycles. The van der Waals surface area contributed by atoms with Crippen molar-refractivity contribution in [2.24, 2.45) is 0 Å². The van der Waals surface area contributed by atoms with Crippen LogP contribution in [0, 0.1) is 0 Å². The van der Waals surface area contributed by atoms with E-state index in [9.17, 15) is 5.11 Å². The topological polar surface area (TPSA) is 41.5 Å². The van der Waals surface area contributed by atoms with Crippen LogP contribution in [0.1, 0.15) is 45.4 Å². The van der Waals surface area contributed by atoms with E-state index in [-0.39, 0.29) is 0 Å². The SMILES string of the molecule is CCCNC1CCC(O)(C2=CCCO2)CC1. The normalized spacial score (nSPS) is 34.6. The molecule has 2 N–H and O–H groups in total. The summed E-state index contributed by atoms with van der Waals surface area (Å²) in [5.74, 6) is 0.835. The van der Waals surface area contributed by atoms with Gasteiger partial charge in [0.15, 0.2) is 0 Å². The summed E-state index contributed by atoms with van der Waals surface area (Å²) >= 11 is 0. The van der Waals surface area contributed by atoms with Crippen LogP contribution in [-0.2, 0) is 4.74 Å². The number of aliphatic hydroxyl groups is 1. The van der Waals surface area contributed by atoms with Gasteiger partial charge >= 0.3 is 0 Å². The molecule has 0 aromatic rings. The first-order valence-corrected chi connectivity index (χ1v) is 6.54. The lowest BCUT2D eigenvalue weighted by Gasteiger charge is -2.36. The molecule has 2 aliphatic rings. The minimum absolute atomic E-state index is 0.585. The van der Waals surface area contributed by atoms with Crippen molar-refractivity contribution in [3.05, 3.63) is 11.8 Å². The monoisotopic (exact) mass is 225 g/mol. The molecule has 0 aromatic carbocycles. The van der Waals surface area contributed by atoms with Crippen molar-refractivity contribution in [2.75, 3.05) is 13.2 Å². The van der Waals surface area contributed by atoms with Gasteiger partial charge in [0.1, 0.15) is 11.4 Å². The highest BCUT2D eigenvalue weighted by Crippen LogP contribution is 2.36. The van der Waals surface area contributed by atoms with Crippen molar-refractivity contribution in [3.8, 4) is 0 Å². The van der Waals surface area contributed by atoms with E-state index in [1.807, 2.05) is 0 Å². The number of ether oxygens (including phenoxy) is 1. The third kappa shape index (κ3) is 2.58. The zero-order valence-corrected chi connectivity index (χ0v) is 10.2. The zero-order valence-electron chi connectivity index (χ0n) is 10.2. The van der Waals surface area contributed by atoms with E-state index in [1.165, 1.54) is 6.42 Å². The fraction of sp³-hybridized carbons (Fsp3) is 0.846. The zero-order chi connectivity index (χ0) is 11.4. The maximum atomic E-state index is 10.5. The van der Waals surface area contributed by atoms with Crippen molar-refractivity contribution < 1.29 is 9.84 Å². The van der Waals surface area contributed by atoms with Gasteiger partial charge in [0, 0.05) is 12.5 Å². The van der Waals surface area contributed by atoms with Gasteiger partial charge in [0.2, 0.25) is 0 Å².